The lowest BCUT2D eigenvalue weighted by atomic mass is 9.83. The van der Waals surface area contributed by atoms with Crippen molar-refractivity contribution in [1.29, 1.82) is 0 Å². The first-order valence-corrected chi connectivity index (χ1v) is 7.97. The van der Waals surface area contributed by atoms with E-state index >= 15 is 0 Å². The number of fused-ring (bicyclic) bond motifs is 1. The van der Waals surface area contributed by atoms with Crippen LogP contribution in [0.25, 0.3) is 0 Å². The minimum absolute atomic E-state index is 0.282. The van der Waals surface area contributed by atoms with Crippen molar-refractivity contribution >= 4 is 0 Å². The average molecular weight is 253 g/mol. The van der Waals surface area contributed by atoms with Gasteiger partial charge in [-0.05, 0) is 45.3 Å². The summed E-state index contributed by atoms with van der Waals surface area (Å²) in [5.74, 6) is 0. The van der Waals surface area contributed by atoms with Gasteiger partial charge >= 0.3 is 0 Å². The van der Waals surface area contributed by atoms with Gasteiger partial charge in [-0.25, -0.2) is 0 Å². The number of unbranched alkanes of at least 4 members (excludes halogenated alkanes) is 1. The van der Waals surface area contributed by atoms with Crippen LogP contribution in [0.3, 0.4) is 0 Å². The van der Waals surface area contributed by atoms with E-state index in [1.807, 2.05) is 0 Å². The lowest BCUT2D eigenvalue weighted by Crippen LogP contribution is -2.61. The van der Waals surface area contributed by atoms with Gasteiger partial charge in [0.05, 0.1) is 0 Å². The Hall–Kier alpha value is -0.120. The molecule has 2 atom stereocenters. The first-order chi connectivity index (χ1) is 8.78. The third kappa shape index (κ3) is 2.45. The lowest BCUT2D eigenvalue weighted by Gasteiger charge is -2.47. The van der Waals surface area contributed by atoms with Gasteiger partial charge in [-0.15, -0.1) is 0 Å². The van der Waals surface area contributed by atoms with Crippen LogP contribution in [-0.4, -0.2) is 54.1 Å². The van der Waals surface area contributed by atoms with Crippen LogP contribution in [0, 0.1) is 0 Å². The maximum absolute atomic E-state index is 6.26. The van der Waals surface area contributed by atoms with E-state index in [9.17, 15) is 0 Å². The first-order valence-electron chi connectivity index (χ1n) is 7.97. The van der Waals surface area contributed by atoms with Gasteiger partial charge in [0.2, 0.25) is 0 Å². The van der Waals surface area contributed by atoms with E-state index in [2.05, 4.69) is 23.6 Å². The lowest BCUT2D eigenvalue weighted by molar-refractivity contribution is 0.0400. The SMILES string of the molecule is CCCCN(CC)C1(CN)CCN2CCCCC21. The molecule has 2 aliphatic rings. The highest BCUT2D eigenvalue weighted by atomic mass is 15.3. The molecule has 0 aromatic carbocycles. The van der Waals surface area contributed by atoms with Gasteiger partial charge in [-0.1, -0.05) is 26.7 Å². The third-order valence-electron chi connectivity index (χ3n) is 5.21. The number of rotatable bonds is 6. The topological polar surface area (TPSA) is 32.5 Å². The first kappa shape index (κ1) is 14.3. The van der Waals surface area contributed by atoms with Crippen LogP contribution in [0.5, 0.6) is 0 Å². The van der Waals surface area contributed by atoms with Crippen molar-refractivity contribution in [3.8, 4) is 0 Å². The summed E-state index contributed by atoms with van der Waals surface area (Å²) in [6.07, 6.45) is 8.02. The molecule has 0 saturated carbocycles. The van der Waals surface area contributed by atoms with Crippen molar-refractivity contribution in [2.24, 2.45) is 5.73 Å². The van der Waals surface area contributed by atoms with Crippen molar-refractivity contribution in [2.75, 3.05) is 32.7 Å². The van der Waals surface area contributed by atoms with Crippen LogP contribution in [0.15, 0.2) is 0 Å². The second-order valence-corrected chi connectivity index (χ2v) is 6.04. The standard InChI is InChI=1S/C15H31N3/c1-3-5-11-18(4-2)15(13-16)9-12-17-10-7-6-8-14(15)17/h14H,3-13,16H2,1-2H3. The van der Waals surface area contributed by atoms with Gasteiger partial charge in [0.1, 0.15) is 0 Å². The highest BCUT2D eigenvalue weighted by molar-refractivity contribution is 5.08. The van der Waals surface area contributed by atoms with Gasteiger partial charge in [-0.2, -0.15) is 0 Å². The van der Waals surface area contributed by atoms with Crippen molar-refractivity contribution in [3.05, 3.63) is 0 Å². The van der Waals surface area contributed by atoms with Crippen LogP contribution in [0.1, 0.15) is 52.4 Å². The molecule has 0 radical (unpaired) electrons. The van der Waals surface area contributed by atoms with E-state index in [0.29, 0.717) is 0 Å². The fourth-order valence-electron chi connectivity index (χ4n) is 4.15. The Morgan fingerprint density at radius 1 is 1.28 bits per heavy atom. The Kier molecular flexibility index (Phi) is 5.05. The Labute approximate surface area is 113 Å². The summed E-state index contributed by atoms with van der Waals surface area (Å²) in [5, 5.41) is 0. The van der Waals surface area contributed by atoms with Crippen LogP contribution in [0.4, 0.5) is 0 Å². The van der Waals surface area contributed by atoms with E-state index in [4.69, 9.17) is 5.73 Å². The average Bonchev–Trinajstić information content (AvgIpc) is 2.80. The molecule has 0 bridgehead atoms. The zero-order valence-corrected chi connectivity index (χ0v) is 12.3. The number of nitrogens with two attached hydrogens (primary N) is 1. The summed E-state index contributed by atoms with van der Waals surface area (Å²) in [5.41, 5.74) is 6.54. The highest BCUT2D eigenvalue weighted by Gasteiger charge is 2.49. The van der Waals surface area contributed by atoms with E-state index < -0.39 is 0 Å². The quantitative estimate of drug-likeness (QED) is 0.786. The molecule has 2 unspecified atom stereocenters. The molecular weight excluding hydrogens is 222 g/mol. The molecule has 3 nitrogen and oxygen atoms in total. The Morgan fingerprint density at radius 2 is 2.11 bits per heavy atom. The summed E-state index contributed by atoms with van der Waals surface area (Å²) in [6.45, 7) is 10.4. The summed E-state index contributed by atoms with van der Waals surface area (Å²) in [4.78, 5) is 5.41. The Bertz CT molecular complexity index is 256. The predicted octanol–water partition coefficient (Wildman–Crippen LogP) is 2.06. The largest absolute Gasteiger partial charge is 0.329 e. The molecule has 2 N–H and O–H groups in total. The molecule has 2 heterocycles. The predicted molar refractivity (Wildman–Crippen MR) is 77.8 cm³/mol. The van der Waals surface area contributed by atoms with Crippen LogP contribution >= 0.6 is 0 Å². The third-order valence-corrected chi connectivity index (χ3v) is 5.21. The van der Waals surface area contributed by atoms with Crippen molar-refractivity contribution in [2.45, 2.75) is 64.0 Å². The van der Waals surface area contributed by atoms with Gasteiger partial charge in [0, 0.05) is 24.7 Å². The normalized spacial score (nSPS) is 33.0. The van der Waals surface area contributed by atoms with E-state index in [-0.39, 0.29) is 5.54 Å². The number of hydrogen-bond acceptors (Lipinski definition) is 3. The highest BCUT2D eigenvalue weighted by Crippen LogP contribution is 2.38. The fourth-order valence-corrected chi connectivity index (χ4v) is 4.15. The second kappa shape index (κ2) is 6.36. The van der Waals surface area contributed by atoms with E-state index in [0.717, 1.165) is 19.1 Å². The molecule has 0 spiro atoms. The second-order valence-electron chi connectivity index (χ2n) is 6.04. The molecule has 18 heavy (non-hydrogen) atoms. The van der Waals surface area contributed by atoms with E-state index in [1.54, 1.807) is 0 Å². The summed E-state index contributed by atoms with van der Waals surface area (Å²) < 4.78 is 0. The molecular formula is C15H31N3. The fraction of sp³-hybridized carbons (Fsp3) is 1.00. The molecule has 0 aliphatic carbocycles. The summed E-state index contributed by atoms with van der Waals surface area (Å²) >= 11 is 0. The van der Waals surface area contributed by atoms with Crippen molar-refractivity contribution < 1.29 is 0 Å². The molecule has 106 valence electrons. The maximum atomic E-state index is 6.26. The molecule has 0 aromatic heterocycles. The monoisotopic (exact) mass is 253 g/mol. The number of piperidine rings is 1. The molecule has 0 amide bonds. The minimum atomic E-state index is 0.282. The van der Waals surface area contributed by atoms with Crippen molar-refractivity contribution in [1.82, 2.24) is 9.80 Å². The summed E-state index contributed by atoms with van der Waals surface area (Å²) in [6, 6.07) is 0.730. The van der Waals surface area contributed by atoms with Gasteiger partial charge in [0.15, 0.2) is 0 Å². The van der Waals surface area contributed by atoms with Gasteiger partial charge in [-0.3, -0.25) is 9.80 Å². The van der Waals surface area contributed by atoms with Crippen LogP contribution in [-0.2, 0) is 0 Å². The van der Waals surface area contributed by atoms with Gasteiger partial charge < -0.3 is 5.73 Å². The minimum Gasteiger partial charge on any atom is -0.329 e. The van der Waals surface area contributed by atoms with Crippen molar-refractivity contribution in [3.63, 3.8) is 0 Å². The molecule has 2 rings (SSSR count). The molecule has 2 fully saturated rings. The Morgan fingerprint density at radius 3 is 2.78 bits per heavy atom. The van der Waals surface area contributed by atoms with Crippen LogP contribution in [0.2, 0.25) is 0 Å². The molecule has 0 aromatic rings. The zero-order valence-electron chi connectivity index (χ0n) is 12.3. The smallest absolute Gasteiger partial charge is 0.0498 e. The number of nitrogens with zero attached hydrogens (tertiary/aromatic N) is 2. The number of hydrogen-bond donors (Lipinski definition) is 1. The molecule has 2 aliphatic heterocycles. The Balaban J connectivity index is 2.12. The summed E-state index contributed by atoms with van der Waals surface area (Å²) in [7, 11) is 0. The van der Waals surface area contributed by atoms with Crippen LogP contribution < -0.4 is 5.73 Å². The number of likely N-dealkylation sites (N-methyl/N-ethyl adjacent to an activating group) is 1. The zero-order chi connectivity index (χ0) is 13.0. The van der Waals surface area contributed by atoms with Gasteiger partial charge in [0.25, 0.3) is 0 Å². The molecule has 2 saturated heterocycles. The molecule has 3 heteroatoms. The maximum Gasteiger partial charge on any atom is 0.0498 e. The van der Waals surface area contributed by atoms with E-state index in [1.165, 1.54) is 58.2 Å².